The third-order valence-corrected chi connectivity index (χ3v) is 3.24. The summed E-state index contributed by atoms with van der Waals surface area (Å²) in [6.45, 7) is 2.80. The van der Waals surface area contributed by atoms with Crippen molar-refractivity contribution in [1.29, 1.82) is 0 Å². The normalized spacial score (nSPS) is 15.6. The number of phenols is 1. The molecular formula is C13H16N2O3. The SMILES string of the molecule is Cc1cccc(C(=O)N2CCC(=NO)CC2)c1O. The highest BCUT2D eigenvalue weighted by Gasteiger charge is 2.23. The van der Waals surface area contributed by atoms with Crippen LogP contribution in [-0.2, 0) is 0 Å². The van der Waals surface area contributed by atoms with Crippen LogP contribution in [0.3, 0.4) is 0 Å². The van der Waals surface area contributed by atoms with E-state index in [-0.39, 0.29) is 11.7 Å². The lowest BCUT2D eigenvalue weighted by Gasteiger charge is -2.27. The van der Waals surface area contributed by atoms with Crippen LogP contribution in [0.15, 0.2) is 23.4 Å². The predicted molar refractivity (Wildman–Crippen MR) is 67.2 cm³/mol. The number of carbonyl (C=O) groups excluding carboxylic acids is 1. The summed E-state index contributed by atoms with van der Waals surface area (Å²) in [6, 6.07) is 5.14. The number of hydrogen-bond acceptors (Lipinski definition) is 4. The largest absolute Gasteiger partial charge is 0.507 e. The zero-order chi connectivity index (χ0) is 13.1. The summed E-state index contributed by atoms with van der Waals surface area (Å²) in [5.74, 6) is -0.127. The van der Waals surface area contributed by atoms with Gasteiger partial charge in [-0.05, 0) is 18.6 Å². The minimum atomic E-state index is -0.173. The molecule has 0 saturated carbocycles. The second-order valence-corrected chi connectivity index (χ2v) is 4.43. The number of piperidine rings is 1. The Bertz CT molecular complexity index is 487. The van der Waals surface area contributed by atoms with Crippen LogP contribution < -0.4 is 0 Å². The number of oxime groups is 1. The molecule has 5 nitrogen and oxygen atoms in total. The first-order valence-corrected chi connectivity index (χ1v) is 5.91. The van der Waals surface area contributed by atoms with E-state index in [1.807, 2.05) is 0 Å². The molecule has 18 heavy (non-hydrogen) atoms. The van der Waals surface area contributed by atoms with Gasteiger partial charge in [-0.3, -0.25) is 4.79 Å². The van der Waals surface area contributed by atoms with Gasteiger partial charge in [0.2, 0.25) is 0 Å². The van der Waals surface area contributed by atoms with Gasteiger partial charge in [0.25, 0.3) is 5.91 Å². The topological polar surface area (TPSA) is 73.1 Å². The lowest BCUT2D eigenvalue weighted by molar-refractivity contribution is 0.0750. The third-order valence-electron chi connectivity index (χ3n) is 3.24. The van der Waals surface area contributed by atoms with Gasteiger partial charge in [-0.25, -0.2) is 0 Å². The van der Waals surface area contributed by atoms with Crippen molar-refractivity contribution in [3.8, 4) is 5.75 Å². The quantitative estimate of drug-likeness (QED) is 0.587. The Morgan fingerprint density at radius 3 is 2.61 bits per heavy atom. The zero-order valence-corrected chi connectivity index (χ0v) is 10.3. The van der Waals surface area contributed by atoms with Gasteiger partial charge in [0, 0.05) is 25.9 Å². The average molecular weight is 248 g/mol. The van der Waals surface area contributed by atoms with Gasteiger partial charge in [0.15, 0.2) is 0 Å². The Kier molecular flexibility index (Phi) is 3.50. The van der Waals surface area contributed by atoms with Crippen molar-refractivity contribution in [2.75, 3.05) is 13.1 Å². The molecule has 1 heterocycles. The van der Waals surface area contributed by atoms with Crippen LogP contribution >= 0.6 is 0 Å². The molecule has 0 atom stereocenters. The monoisotopic (exact) mass is 248 g/mol. The van der Waals surface area contributed by atoms with E-state index in [0.717, 1.165) is 0 Å². The highest BCUT2D eigenvalue weighted by Crippen LogP contribution is 2.23. The van der Waals surface area contributed by atoms with Crippen molar-refractivity contribution in [2.24, 2.45) is 5.16 Å². The molecule has 1 aliphatic heterocycles. The first-order chi connectivity index (χ1) is 8.63. The number of rotatable bonds is 1. The Balaban J connectivity index is 2.15. The third kappa shape index (κ3) is 2.30. The van der Waals surface area contributed by atoms with E-state index in [4.69, 9.17) is 5.21 Å². The van der Waals surface area contributed by atoms with Crippen molar-refractivity contribution < 1.29 is 15.1 Å². The van der Waals surface area contributed by atoms with Crippen LogP contribution in [0.2, 0.25) is 0 Å². The molecule has 1 fully saturated rings. The molecule has 2 N–H and O–H groups in total. The molecule has 0 bridgehead atoms. The van der Waals surface area contributed by atoms with E-state index in [9.17, 15) is 9.90 Å². The average Bonchev–Trinajstić information content (AvgIpc) is 2.41. The number of para-hydroxylation sites is 1. The fourth-order valence-corrected chi connectivity index (χ4v) is 2.07. The Morgan fingerprint density at radius 1 is 1.33 bits per heavy atom. The van der Waals surface area contributed by atoms with Gasteiger partial charge in [0.1, 0.15) is 5.75 Å². The molecule has 5 heteroatoms. The molecule has 0 aliphatic carbocycles. The number of aryl methyl sites for hydroxylation is 1. The molecule has 0 unspecified atom stereocenters. The maximum absolute atomic E-state index is 12.2. The molecule has 0 radical (unpaired) electrons. The highest BCUT2D eigenvalue weighted by molar-refractivity contribution is 5.98. The maximum Gasteiger partial charge on any atom is 0.257 e. The van der Waals surface area contributed by atoms with E-state index in [0.29, 0.717) is 42.8 Å². The van der Waals surface area contributed by atoms with Crippen molar-refractivity contribution in [3.05, 3.63) is 29.3 Å². The summed E-state index contributed by atoms with van der Waals surface area (Å²) >= 11 is 0. The van der Waals surface area contributed by atoms with Gasteiger partial charge in [-0.2, -0.15) is 0 Å². The number of carbonyl (C=O) groups is 1. The molecule has 1 amide bonds. The van der Waals surface area contributed by atoms with Crippen molar-refractivity contribution in [2.45, 2.75) is 19.8 Å². The van der Waals surface area contributed by atoms with E-state index >= 15 is 0 Å². The number of aromatic hydroxyl groups is 1. The Hall–Kier alpha value is -2.04. The molecular weight excluding hydrogens is 232 g/mol. The molecule has 1 aromatic rings. The summed E-state index contributed by atoms with van der Waals surface area (Å²) < 4.78 is 0. The number of benzene rings is 1. The first-order valence-electron chi connectivity index (χ1n) is 5.91. The van der Waals surface area contributed by atoms with Crippen molar-refractivity contribution in [1.82, 2.24) is 4.90 Å². The van der Waals surface area contributed by atoms with Gasteiger partial charge < -0.3 is 15.2 Å². The van der Waals surface area contributed by atoms with E-state index in [1.165, 1.54) is 0 Å². The van der Waals surface area contributed by atoms with E-state index in [2.05, 4.69) is 5.16 Å². The summed E-state index contributed by atoms with van der Waals surface area (Å²) in [4.78, 5) is 13.9. The number of likely N-dealkylation sites (tertiary alicyclic amines) is 1. The Morgan fingerprint density at radius 2 is 2.00 bits per heavy atom. The molecule has 0 aromatic heterocycles. The lowest BCUT2D eigenvalue weighted by Crippen LogP contribution is -2.38. The molecule has 0 spiro atoms. The van der Waals surface area contributed by atoms with E-state index < -0.39 is 0 Å². The van der Waals surface area contributed by atoms with Crippen LogP contribution in [0.5, 0.6) is 5.75 Å². The van der Waals surface area contributed by atoms with Gasteiger partial charge in [-0.15, -0.1) is 0 Å². The molecule has 1 saturated heterocycles. The second kappa shape index (κ2) is 5.08. The minimum Gasteiger partial charge on any atom is -0.507 e. The Labute approximate surface area is 105 Å². The minimum absolute atomic E-state index is 0.0455. The maximum atomic E-state index is 12.2. The van der Waals surface area contributed by atoms with E-state index in [1.54, 1.807) is 30.0 Å². The fraction of sp³-hybridized carbons (Fsp3) is 0.385. The lowest BCUT2D eigenvalue weighted by atomic mass is 10.1. The van der Waals surface area contributed by atoms with Crippen LogP contribution in [0, 0.1) is 6.92 Å². The second-order valence-electron chi connectivity index (χ2n) is 4.43. The molecule has 1 aliphatic rings. The fourth-order valence-electron chi connectivity index (χ4n) is 2.07. The number of hydrogen-bond donors (Lipinski definition) is 2. The standard InChI is InChI=1S/C13H16N2O3/c1-9-3-2-4-11(12(9)16)13(17)15-7-5-10(14-18)6-8-15/h2-4,16,18H,5-8H2,1H3. The predicted octanol–water partition coefficient (Wildman–Crippen LogP) is 1.77. The van der Waals surface area contributed by atoms with Crippen molar-refractivity contribution >= 4 is 11.6 Å². The molecule has 96 valence electrons. The van der Waals surface area contributed by atoms with Crippen LogP contribution in [0.1, 0.15) is 28.8 Å². The molecule has 2 rings (SSSR count). The van der Waals surface area contributed by atoms with Crippen LogP contribution in [-0.4, -0.2) is 39.9 Å². The van der Waals surface area contributed by atoms with Crippen molar-refractivity contribution in [3.63, 3.8) is 0 Å². The smallest absolute Gasteiger partial charge is 0.257 e. The number of amides is 1. The summed E-state index contributed by atoms with van der Waals surface area (Å²) in [7, 11) is 0. The first kappa shape index (κ1) is 12.4. The van der Waals surface area contributed by atoms with Gasteiger partial charge in [-0.1, -0.05) is 17.3 Å². The number of phenolic OH excluding ortho intramolecular Hbond substituents is 1. The summed E-state index contributed by atoms with van der Waals surface area (Å²) in [6.07, 6.45) is 1.16. The zero-order valence-electron chi connectivity index (χ0n) is 10.3. The number of nitrogens with zero attached hydrogens (tertiary/aromatic N) is 2. The summed E-state index contributed by atoms with van der Waals surface area (Å²) in [5.41, 5.74) is 1.74. The van der Waals surface area contributed by atoms with Crippen LogP contribution in [0.4, 0.5) is 0 Å². The van der Waals surface area contributed by atoms with Gasteiger partial charge in [0.05, 0.1) is 11.3 Å². The molecule has 1 aromatic carbocycles. The van der Waals surface area contributed by atoms with Gasteiger partial charge >= 0.3 is 0 Å². The highest BCUT2D eigenvalue weighted by atomic mass is 16.4. The summed E-state index contributed by atoms with van der Waals surface area (Å²) in [5, 5.41) is 21.7. The van der Waals surface area contributed by atoms with Crippen LogP contribution in [0.25, 0.3) is 0 Å².